The Hall–Kier alpha value is 0.200. The van der Waals surface area contributed by atoms with Crippen LogP contribution in [0.25, 0.3) is 0 Å². The van der Waals surface area contributed by atoms with Gasteiger partial charge in [0.05, 0.1) is 0 Å². The number of nitrogens with two attached hydrogens (primary N) is 1. The zero-order valence-electron chi connectivity index (χ0n) is 9.53. The fraction of sp³-hybridized carbons (Fsp3) is 0.500. The Balaban J connectivity index is 0.00000144. The minimum absolute atomic E-state index is 0. The van der Waals surface area contributed by atoms with Gasteiger partial charge in [0, 0.05) is 28.6 Å². The maximum Gasteiger partial charge on any atom is 0.0451 e. The number of hydrogen-bond acceptors (Lipinski definition) is 2. The summed E-state index contributed by atoms with van der Waals surface area (Å²) in [5.74, 6) is 0. The van der Waals surface area contributed by atoms with Gasteiger partial charge in [-0.3, -0.25) is 4.90 Å². The number of rotatable bonds is 2. The fourth-order valence-electron chi connectivity index (χ4n) is 2.14. The molecule has 1 saturated heterocycles. The van der Waals surface area contributed by atoms with E-state index in [9.17, 15) is 0 Å². The summed E-state index contributed by atoms with van der Waals surface area (Å²) in [7, 11) is 0. The minimum Gasteiger partial charge on any atom is -0.327 e. The molecule has 0 bridgehead atoms. The molecule has 2 nitrogen and oxygen atoms in total. The number of benzene rings is 1. The van der Waals surface area contributed by atoms with Gasteiger partial charge in [-0.2, -0.15) is 0 Å². The van der Waals surface area contributed by atoms with Gasteiger partial charge in [-0.25, -0.2) is 0 Å². The van der Waals surface area contributed by atoms with Gasteiger partial charge in [-0.1, -0.05) is 27.5 Å². The molecule has 0 amide bonds. The molecule has 2 rings (SSSR count). The number of halogens is 3. The van der Waals surface area contributed by atoms with Crippen LogP contribution in [0.15, 0.2) is 22.7 Å². The van der Waals surface area contributed by atoms with Gasteiger partial charge in [0.25, 0.3) is 0 Å². The van der Waals surface area contributed by atoms with Crippen molar-refractivity contribution in [1.29, 1.82) is 0 Å². The highest BCUT2D eigenvalue weighted by molar-refractivity contribution is 9.10. The van der Waals surface area contributed by atoms with Gasteiger partial charge < -0.3 is 5.73 Å². The van der Waals surface area contributed by atoms with E-state index in [2.05, 4.69) is 26.9 Å². The molecule has 1 atom stereocenters. The average Bonchev–Trinajstić information content (AvgIpc) is 2.24. The van der Waals surface area contributed by atoms with Gasteiger partial charge in [-0.05, 0) is 43.1 Å². The van der Waals surface area contributed by atoms with E-state index in [0.717, 1.165) is 35.6 Å². The Kier molecular flexibility index (Phi) is 6.24. The van der Waals surface area contributed by atoms with Crippen LogP contribution in [0.3, 0.4) is 0 Å². The van der Waals surface area contributed by atoms with E-state index in [4.69, 9.17) is 17.3 Å². The largest absolute Gasteiger partial charge is 0.327 e. The first-order chi connectivity index (χ1) is 7.65. The molecule has 17 heavy (non-hydrogen) atoms. The van der Waals surface area contributed by atoms with Gasteiger partial charge in [0.1, 0.15) is 0 Å². The summed E-state index contributed by atoms with van der Waals surface area (Å²) in [4.78, 5) is 2.38. The molecule has 1 heterocycles. The van der Waals surface area contributed by atoms with Crippen LogP contribution < -0.4 is 5.73 Å². The molecule has 2 N–H and O–H groups in total. The van der Waals surface area contributed by atoms with E-state index in [-0.39, 0.29) is 12.4 Å². The van der Waals surface area contributed by atoms with Crippen LogP contribution in [0.5, 0.6) is 0 Å². The van der Waals surface area contributed by atoms with Gasteiger partial charge >= 0.3 is 0 Å². The summed E-state index contributed by atoms with van der Waals surface area (Å²) in [5.41, 5.74) is 7.13. The van der Waals surface area contributed by atoms with Crippen molar-refractivity contribution in [2.24, 2.45) is 5.73 Å². The van der Waals surface area contributed by atoms with Crippen LogP contribution in [0, 0.1) is 0 Å². The van der Waals surface area contributed by atoms with E-state index in [1.807, 2.05) is 12.1 Å². The molecule has 1 aromatic rings. The second kappa shape index (κ2) is 6.95. The van der Waals surface area contributed by atoms with E-state index in [1.165, 1.54) is 12.0 Å². The Morgan fingerprint density at radius 2 is 2.24 bits per heavy atom. The molecular formula is C12H17BrCl2N2. The highest BCUT2D eigenvalue weighted by atomic mass is 79.9. The van der Waals surface area contributed by atoms with Crippen molar-refractivity contribution in [3.05, 3.63) is 33.3 Å². The SMILES string of the molecule is Cl.NC1CCCN(Cc2cc(Br)ccc2Cl)C1. The first-order valence-corrected chi connectivity index (χ1v) is 6.74. The van der Waals surface area contributed by atoms with Crippen LogP contribution in [0.4, 0.5) is 0 Å². The molecule has 0 aromatic heterocycles. The zero-order chi connectivity index (χ0) is 11.5. The lowest BCUT2D eigenvalue weighted by atomic mass is 10.1. The molecule has 0 saturated carbocycles. The van der Waals surface area contributed by atoms with Crippen molar-refractivity contribution >= 4 is 39.9 Å². The number of piperidine rings is 1. The summed E-state index contributed by atoms with van der Waals surface area (Å²) in [6.45, 7) is 2.99. The number of likely N-dealkylation sites (tertiary alicyclic amines) is 1. The minimum atomic E-state index is 0. The predicted molar refractivity (Wildman–Crippen MR) is 78.9 cm³/mol. The van der Waals surface area contributed by atoms with E-state index < -0.39 is 0 Å². The normalized spacial score (nSPS) is 21.0. The van der Waals surface area contributed by atoms with Crippen molar-refractivity contribution < 1.29 is 0 Å². The zero-order valence-corrected chi connectivity index (χ0v) is 12.7. The first kappa shape index (κ1) is 15.3. The lowest BCUT2D eigenvalue weighted by Crippen LogP contribution is -2.42. The molecule has 1 aliphatic rings. The van der Waals surface area contributed by atoms with Gasteiger partial charge in [0.2, 0.25) is 0 Å². The third kappa shape index (κ3) is 4.42. The Morgan fingerprint density at radius 1 is 1.47 bits per heavy atom. The highest BCUT2D eigenvalue weighted by Gasteiger charge is 2.17. The third-order valence-electron chi connectivity index (χ3n) is 2.94. The molecule has 96 valence electrons. The Morgan fingerprint density at radius 3 is 2.94 bits per heavy atom. The van der Waals surface area contributed by atoms with E-state index >= 15 is 0 Å². The van der Waals surface area contributed by atoms with E-state index in [1.54, 1.807) is 0 Å². The highest BCUT2D eigenvalue weighted by Crippen LogP contribution is 2.23. The topological polar surface area (TPSA) is 29.3 Å². The third-order valence-corrected chi connectivity index (χ3v) is 3.81. The van der Waals surface area contributed by atoms with Gasteiger partial charge in [0.15, 0.2) is 0 Å². The molecule has 0 spiro atoms. The first-order valence-electron chi connectivity index (χ1n) is 5.57. The lowest BCUT2D eigenvalue weighted by molar-refractivity contribution is 0.201. The smallest absolute Gasteiger partial charge is 0.0451 e. The number of hydrogen-bond donors (Lipinski definition) is 1. The maximum atomic E-state index is 6.17. The number of nitrogens with zero attached hydrogens (tertiary/aromatic N) is 1. The van der Waals surface area contributed by atoms with Crippen LogP contribution in [-0.2, 0) is 6.54 Å². The molecule has 5 heteroatoms. The summed E-state index contributed by atoms with van der Waals surface area (Å²) >= 11 is 9.64. The van der Waals surface area contributed by atoms with Crippen LogP contribution in [-0.4, -0.2) is 24.0 Å². The second-order valence-electron chi connectivity index (χ2n) is 4.37. The standard InChI is InChI=1S/C12H16BrClN2.ClH/c13-10-3-4-12(14)9(6-10)7-16-5-1-2-11(15)8-16;/h3-4,6,11H,1-2,5,7-8,15H2;1H. The van der Waals surface area contributed by atoms with Crippen molar-refractivity contribution in [2.45, 2.75) is 25.4 Å². The maximum absolute atomic E-state index is 6.17. The van der Waals surface area contributed by atoms with Crippen molar-refractivity contribution in [1.82, 2.24) is 4.90 Å². The molecule has 0 radical (unpaired) electrons. The average molecular weight is 340 g/mol. The summed E-state index contributed by atoms with van der Waals surface area (Å²) < 4.78 is 1.08. The fourth-order valence-corrected chi connectivity index (χ4v) is 2.73. The summed E-state index contributed by atoms with van der Waals surface area (Å²) in [6, 6.07) is 6.31. The Labute approximate surface area is 122 Å². The quantitative estimate of drug-likeness (QED) is 0.894. The lowest BCUT2D eigenvalue weighted by Gasteiger charge is -2.30. The molecule has 1 fully saturated rings. The molecule has 1 aromatic carbocycles. The van der Waals surface area contributed by atoms with Crippen molar-refractivity contribution in [3.8, 4) is 0 Å². The molecule has 1 aliphatic heterocycles. The van der Waals surface area contributed by atoms with E-state index in [0.29, 0.717) is 6.04 Å². The molecular weight excluding hydrogens is 323 g/mol. The monoisotopic (exact) mass is 338 g/mol. The molecule has 0 aliphatic carbocycles. The van der Waals surface area contributed by atoms with Gasteiger partial charge in [-0.15, -0.1) is 12.4 Å². The Bertz CT molecular complexity index is 374. The predicted octanol–water partition coefficient (Wildman–Crippen LogP) is 3.45. The van der Waals surface area contributed by atoms with Crippen molar-refractivity contribution in [3.63, 3.8) is 0 Å². The second-order valence-corrected chi connectivity index (χ2v) is 5.70. The van der Waals surface area contributed by atoms with Crippen LogP contribution in [0.2, 0.25) is 5.02 Å². The van der Waals surface area contributed by atoms with Crippen molar-refractivity contribution in [2.75, 3.05) is 13.1 Å². The summed E-state index contributed by atoms with van der Waals surface area (Å²) in [5, 5.41) is 0.836. The molecule has 1 unspecified atom stereocenters. The summed E-state index contributed by atoms with van der Waals surface area (Å²) in [6.07, 6.45) is 2.33. The van der Waals surface area contributed by atoms with Crippen LogP contribution >= 0.6 is 39.9 Å². The van der Waals surface area contributed by atoms with Crippen LogP contribution in [0.1, 0.15) is 18.4 Å².